The second-order valence-corrected chi connectivity index (χ2v) is 9.19. The molecule has 0 aliphatic rings. The molecule has 1 unspecified atom stereocenters. The van der Waals surface area contributed by atoms with Gasteiger partial charge >= 0.3 is 24.4 Å². The lowest BCUT2D eigenvalue weighted by Crippen LogP contribution is -2.47. The number of hydrogen-bond acceptors (Lipinski definition) is 4. The summed E-state index contributed by atoms with van der Waals surface area (Å²) in [5.41, 5.74) is -2.86. The zero-order chi connectivity index (χ0) is 30.9. The highest BCUT2D eigenvalue weighted by atomic mass is 19.4. The molecule has 0 aliphatic heterocycles. The average molecular weight is 596 g/mol. The number of benzene rings is 3. The molecule has 3 N–H and O–H groups in total. The van der Waals surface area contributed by atoms with Crippen LogP contribution >= 0.6 is 0 Å². The van der Waals surface area contributed by atoms with Gasteiger partial charge < -0.3 is 20.7 Å². The van der Waals surface area contributed by atoms with Crippen LogP contribution in [0.3, 0.4) is 0 Å². The largest absolute Gasteiger partial charge is 0.462 e. The molecule has 7 nitrogen and oxygen atoms in total. The van der Waals surface area contributed by atoms with Crippen LogP contribution in [-0.2, 0) is 28.3 Å². The third kappa shape index (κ3) is 9.53. The van der Waals surface area contributed by atoms with Gasteiger partial charge in [0.05, 0.1) is 23.3 Å². The molecule has 3 aromatic rings. The van der Waals surface area contributed by atoms with Gasteiger partial charge in [0.2, 0.25) is 5.91 Å². The molecule has 13 heteroatoms. The lowest BCUT2D eigenvalue weighted by molar-refractivity contribution is -0.143. The van der Waals surface area contributed by atoms with E-state index in [1.54, 1.807) is 30.3 Å². The molecule has 3 aromatic carbocycles. The molecule has 0 heterocycles. The van der Waals surface area contributed by atoms with E-state index in [0.29, 0.717) is 24.1 Å². The molecule has 0 fully saturated rings. The van der Waals surface area contributed by atoms with Gasteiger partial charge in [0.1, 0.15) is 6.04 Å². The summed E-state index contributed by atoms with van der Waals surface area (Å²) in [6.45, 7) is 2.21. The number of carbonyl (C=O) groups excluding carboxylic acids is 3. The van der Waals surface area contributed by atoms with E-state index in [1.165, 1.54) is 24.3 Å². The minimum absolute atomic E-state index is 0.0572. The van der Waals surface area contributed by atoms with Gasteiger partial charge in [0.15, 0.2) is 0 Å². The van der Waals surface area contributed by atoms with Gasteiger partial charge in [-0.1, -0.05) is 43.7 Å². The molecule has 3 amide bonds. The van der Waals surface area contributed by atoms with E-state index in [-0.39, 0.29) is 30.3 Å². The maximum atomic E-state index is 13.2. The molecule has 0 aliphatic carbocycles. The predicted octanol–water partition coefficient (Wildman–Crippen LogP) is 7.05. The molecule has 1 atom stereocenters. The number of urea groups is 1. The lowest BCUT2D eigenvalue weighted by atomic mass is 10.1. The van der Waals surface area contributed by atoms with E-state index in [4.69, 9.17) is 4.74 Å². The highest BCUT2D eigenvalue weighted by molar-refractivity contribution is 6.00. The van der Waals surface area contributed by atoms with Crippen LogP contribution in [0.5, 0.6) is 0 Å². The third-order valence-electron chi connectivity index (χ3n) is 5.87. The first-order valence-electron chi connectivity index (χ1n) is 12.7. The van der Waals surface area contributed by atoms with Crippen molar-refractivity contribution in [3.05, 3.63) is 95.1 Å². The third-order valence-corrected chi connectivity index (χ3v) is 5.87. The van der Waals surface area contributed by atoms with Crippen LogP contribution in [0, 0.1) is 0 Å². The van der Waals surface area contributed by atoms with E-state index in [9.17, 15) is 40.7 Å². The summed E-state index contributed by atoms with van der Waals surface area (Å²) >= 11 is 0. The van der Waals surface area contributed by atoms with Crippen molar-refractivity contribution in [2.24, 2.45) is 0 Å². The van der Waals surface area contributed by atoms with Crippen LogP contribution < -0.4 is 16.0 Å². The van der Waals surface area contributed by atoms with Crippen LogP contribution in [0.2, 0.25) is 0 Å². The number of amides is 3. The molecule has 0 bridgehead atoms. The Morgan fingerprint density at radius 1 is 0.786 bits per heavy atom. The molecule has 224 valence electrons. The molecule has 0 saturated heterocycles. The van der Waals surface area contributed by atoms with Crippen molar-refractivity contribution in [3.8, 4) is 0 Å². The summed E-state index contributed by atoms with van der Waals surface area (Å²) in [6.07, 6.45) is -8.71. The van der Waals surface area contributed by atoms with Crippen molar-refractivity contribution in [2.45, 2.75) is 44.6 Å². The normalized spacial score (nSPS) is 12.3. The lowest BCUT2D eigenvalue weighted by Gasteiger charge is -2.20. The highest BCUT2D eigenvalue weighted by Crippen LogP contribution is 2.37. The monoisotopic (exact) mass is 595 g/mol. The van der Waals surface area contributed by atoms with Gasteiger partial charge in [-0.05, 0) is 54.4 Å². The van der Waals surface area contributed by atoms with Gasteiger partial charge in [0.25, 0.3) is 0 Å². The second-order valence-electron chi connectivity index (χ2n) is 9.19. The first-order chi connectivity index (χ1) is 19.8. The van der Waals surface area contributed by atoms with Gasteiger partial charge in [0, 0.05) is 17.8 Å². The highest BCUT2D eigenvalue weighted by Gasteiger charge is 2.37. The van der Waals surface area contributed by atoms with Gasteiger partial charge in [-0.25, -0.2) is 9.59 Å². The Labute approximate surface area is 237 Å². The van der Waals surface area contributed by atoms with Crippen molar-refractivity contribution in [1.29, 1.82) is 0 Å². The second kappa shape index (κ2) is 13.9. The Hall–Kier alpha value is -4.55. The first kappa shape index (κ1) is 32.0. The SMILES string of the molecule is CCCCOC(=O)c1ccc(NC(=O)C(Cc2ccccc2)NC(=O)Nc2cc(C(F)(F)F)cc(C(F)(F)F)c2)cc1. The number of carbonyl (C=O) groups is 3. The summed E-state index contributed by atoms with van der Waals surface area (Å²) in [7, 11) is 0. The number of anilines is 2. The fourth-order valence-electron chi connectivity index (χ4n) is 3.72. The number of nitrogens with one attached hydrogen (secondary N) is 3. The standard InChI is InChI=1S/C29H27F6N3O4/c1-2-3-13-42-26(40)19-9-11-22(12-10-19)36-25(39)24(14-18-7-5-4-6-8-18)38-27(41)37-23-16-20(28(30,31)32)15-21(17-23)29(33,34)35/h4-12,15-17,24H,2-3,13-14H2,1H3,(H,36,39)(H2,37,38,41). The van der Waals surface area contributed by atoms with E-state index < -0.39 is 53.1 Å². The van der Waals surface area contributed by atoms with Crippen molar-refractivity contribution < 1.29 is 45.5 Å². The zero-order valence-corrected chi connectivity index (χ0v) is 22.2. The Morgan fingerprint density at radius 3 is 1.93 bits per heavy atom. The summed E-state index contributed by atoms with van der Waals surface area (Å²) in [4.78, 5) is 37.9. The molecule has 0 radical (unpaired) electrons. The van der Waals surface area contributed by atoms with Gasteiger partial charge in [-0.3, -0.25) is 4.79 Å². The minimum atomic E-state index is -5.11. The maximum absolute atomic E-state index is 13.2. The average Bonchev–Trinajstić information content (AvgIpc) is 2.92. The molecular formula is C29H27F6N3O4. The number of unbranched alkanes of at least 4 members (excludes halogenated alkanes) is 1. The molecule has 0 saturated carbocycles. The van der Waals surface area contributed by atoms with Crippen molar-refractivity contribution in [2.75, 3.05) is 17.2 Å². The number of halogens is 6. The van der Waals surface area contributed by atoms with E-state index in [2.05, 4.69) is 10.6 Å². The number of esters is 1. The topological polar surface area (TPSA) is 96.5 Å². The molecule has 0 aromatic heterocycles. The van der Waals surface area contributed by atoms with Crippen molar-refractivity contribution >= 4 is 29.3 Å². The molecule has 3 rings (SSSR count). The Kier molecular flexibility index (Phi) is 10.6. The summed E-state index contributed by atoms with van der Waals surface area (Å²) in [6, 6.07) is 12.3. The van der Waals surface area contributed by atoms with Gasteiger partial charge in [-0.2, -0.15) is 26.3 Å². The predicted molar refractivity (Wildman–Crippen MR) is 143 cm³/mol. The van der Waals surface area contributed by atoms with Crippen molar-refractivity contribution in [3.63, 3.8) is 0 Å². The van der Waals surface area contributed by atoms with Crippen LogP contribution in [0.1, 0.15) is 46.8 Å². The zero-order valence-electron chi connectivity index (χ0n) is 22.2. The Morgan fingerprint density at radius 2 is 1.38 bits per heavy atom. The van der Waals surface area contributed by atoms with Crippen LogP contribution in [0.25, 0.3) is 0 Å². The van der Waals surface area contributed by atoms with E-state index in [0.717, 1.165) is 6.42 Å². The number of ether oxygens (including phenoxy) is 1. The minimum Gasteiger partial charge on any atom is -0.462 e. The summed E-state index contributed by atoms with van der Waals surface area (Å²) < 4.78 is 84.4. The van der Waals surface area contributed by atoms with Gasteiger partial charge in [-0.15, -0.1) is 0 Å². The van der Waals surface area contributed by atoms with Crippen LogP contribution in [0.4, 0.5) is 42.5 Å². The number of alkyl halides is 6. The molecule has 42 heavy (non-hydrogen) atoms. The van der Waals surface area contributed by atoms with Crippen LogP contribution in [-0.4, -0.2) is 30.6 Å². The maximum Gasteiger partial charge on any atom is 0.416 e. The number of hydrogen-bond donors (Lipinski definition) is 3. The molecule has 0 spiro atoms. The van der Waals surface area contributed by atoms with E-state index >= 15 is 0 Å². The van der Waals surface area contributed by atoms with Crippen LogP contribution in [0.15, 0.2) is 72.8 Å². The fraction of sp³-hybridized carbons (Fsp3) is 0.276. The fourth-order valence-corrected chi connectivity index (χ4v) is 3.72. The first-order valence-corrected chi connectivity index (χ1v) is 12.7. The number of rotatable bonds is 10. The smallest absolute Gasteiger partial charge is 0.416 e. The summed E-state index contributed by atoms with van der Waals surface area (Å²) in [5.74, 6) is -1.27. The van der Waals surface area contributed by atoms with E-state index in [1.807, 2.05) is 12.2 Å². The molecular weight excluding hydrogens is 568 g/mol. The Balaban J connectivity index is 1.77. The van der Waals surface area contributed by atoms with Crippen molar-refractivity contribution in [1.82, 2.24) is 5.32 Å². The summed E-state index contributed by atoms with van der Waals surface area (Å²) in [5, 5.41) is 6.85. The Bertz CT molecular complexity index is 1340. The quantitative estimate of drug-likeness (QED) is 0.133.